The van der Waals surface area contributed by atoms with Crippen molar-refractivity contribution in [2.24, 2.45) is 0 Å². The molecular formula is C37H34N2O4. The monoisotopic (exact) mass is 570 g/mol. The van der Waals surface area contributed by atoms with Gasteiger partial charge in [-0.1, -0.05) is 60.7 Å². The Morgan fingerprint density at radius 2 is 0.930 bits per heavy atom. The molecule has 216 valence electrons. The SMILES string of the molecule is C=CCc1ccc(Cc2ccc(CC=C)cc2-n2c(O)c3c(c2O)C2C=CC3C2)c(-n2c(O)c3c(c2O)C2C=CC3C2)c1. The minimum atomic E-state index is 0.0861. The van der Waals surface area contributed by atoms with Crippen molar-refractivity contribution in [2.75, 3.05) is 0 Å². The average Bonchev–Trinajstić information content (AvgIpc) is 3.84. The third-order valence-corrected chi connectivity index (χ3v) is 9.96. The van der Waals surface area contributed by atoms with Crippen molar-refractivity contribution in [1.82, 2.24) is 9.13 Å². The zero-order valence-corrected chi connectivity index (χ0v) is 23.9. The molecule has 4 aliphatic carbocycles. The summed E-state index contributed by atoms with van der Waals surface area (Å²) in [4.78, 5) is 0. The van der Waals surface area contributed by atoms with Crippen LogP contribution in [0.1, 0.15) is 81.0 Å². The largest absolute Gasteiger partial charge is 0.494 e. The van der Waals surface area contributed by atoms with Gasteiger partial charge in [0.05, 0.1) is 11.4 Å². The summed E-state index contributed by atoms with van der Waals surface area (Å²) in [7, 11) is 0. The van der Waals surface area contributed by atoms with Crippen LogP contribution in [0.15, 0.2) is 86.0 Å². The Labute approximate surface area is 250 Å². The summed E-state index contributed by atoms with van der Waals surface area (Å²) in [6.45, 7) is 7.80. The molecule has 0 radical (unpaired) electrons. The standard InChI is InChI=1S/C37H34N2O4/c1-3-5-20-7-9-22(28(15-20)38-34(40)30-24-11-12-25(18-24)31(30)35(38)41)17-23-10-8-21(6-4-2)16-29(23)39-36(42)32-26-13-14-27(19-26)33(32)37(39)43/h3-4,7-16,24-27,40-43H,1-2,5-6,17-19H2. The Kier molecular flexibility index (Phi) is 5.61. The van der Waals surface area contributed by atoms with Crippen LogP contribution in [-0.4, -0.2) is 29.6 Å². The number of benzene rings is 2. The molecule has 6 heteroatoms. The van der Waals surface area contributed by atoms with E-state index >= 15 is 0 Å². The third kappa shape index (κ3) is 3.59. The zero-order chi connectivity index (χ0) is 29.6. The Bertz CT molecular complexity index is 1710. The molecule has 6 nitrogen and oxygen atoms in total. The van der Waals surface area contributed by atoms with Gasteiger partial charge in [-0.05, 0) is 60.1 Å². The van der Waals surface area contributed by atoms with Gasteiger partial charge in [0.1, 0.15) is 0 Å². The van der Waals surface area contributed by atoms with E-state index in [4.69, 9.17) is 0 Å². The van der Waals surface area contributed by atoms with Gasteiger partial charge in [0.2, 0.25) is 23.5 Å². The predicted molar refractivity (Wildman–Crippen MR) is 167 cm³/mol. The molecule has 43 heavy (non-hydrogen) atoms. The Hall–Kier alpha value is -4.84. The fraction of sp³-hybridized carbons (Fsp3) is 0.243. The van der Waals surface area contributed by atoms with Crippen LogP contribution in [0, 0.1) is 0 Å². The van der Waals surface area contributed by atoms with Crippen LogP contribution in [0.3, 0.4) is 0 Å². The highest BCUT2D eigenvalue weighted by atomic mass is 16.3. The number of fused-ring (bicyclic) bond motifs is 10. The van der Waals surface area contributed by atoms with Crippen molar-refractivity contribution < 1.29 is 20.4 Å². The van der Waals surface area contributed by atoms with Crippen molar-refractivity contribution in [3.8, 4) is 34.9 Å². The lowest BCUT2D eigenvalue weighted by Crippen LogP contribution is -2.06. The second-order valence-corrected chi connectivity index (χ2v) is 12.4. The molecule has 0 fully saturated rings. The van der Waals surface area contributed by atoms with E-state index < -0.39 is 0 Å². The summed E-state index contributed by atoms with van der Waals surface area (Å²) in [5.74, 6) is 0.798. The van der Waals surface area contributed by atoms with Crippen molar-refractivity contribution in [1.29, 1.82) is 0 Å². The molecule has 0 aliphatic heterocycles. The van der Waals surface area contributed by atoms with E-state index in [2.05, 4.69) is 37.5 Å². The van der Waals surface area contributed by atoms with E-state index in [9.17, 15) is 20.4 Å². The Morgan fingerprint density at radius 3 is 1.26 bits per heavy atom. The fourth-order valence-electron chi connectivity index (χ4n) is 8.06. The number of hydrogen-bond acceptors (Lipinski definition) is 4. The highest BCUT2D eigenvalue weighted by Gasteiger charge is 2.43. The molecule has 2 aromatic heterocycles. The zero-order valence-electron chi connectivity index (χ0n) is 23.9. The van der Waals surface area contributed by atoms with Gasteiger partial charge in [-0.15, -0.1) is 13.2 Å². The minimum absolute atomic E-state index is 0.0861. The van der Waals surface area contributed by atoms with Crippen molar-refractivity contribution in [2.45, 2.75) is 55.8 Å². The van der Waals surface area contributed by atoms with Gasteiger partial charge in [-0.3, -0.25) is 9.13 Å². The smallest absolute Gasteiger partial charge is 0.202 e. The number of rotatable bonds is 8. The first-order valence-corrected chi connectivity index (χ1v) is 15.0. The second kappa shape index (κ2) is 9.33. The van der Waals surface area contributed by atoms with Crippen LogP contribution >= 0.6 is 0 Å². The van der Waals surface area contributed by atoms with E-state index in [-0.39, 0.29) is 47.2 Å². The molecule has 0 amide bonds. The molecule has 4 atom stereocenters. The lowest BCUT2D eigenvalue weighted by atomic mass is 9.97. The molecule has 4 unspecified atom stereocenters. The highest BCUT2D eigenvalue weighted by molar-refractivity contribution is 5.66. The molecular weight excluding hydrogens is 536 g/mol. The van der Waals surface area contributed by atoms with Crippen LogP contribution in [0.5, 0.6) is 23.5 Å². The van der Waals surface area contributed by atoms with E-state index in [1.165, 1.54) is 0 Å². The predicted octanol–water partition coefficient (Wildman–Crippen LogP) is 7.42. The lowest BCUT2D eigenvalue weighted by molar-refractivity contribution is 0.394. The van der Waals surface area contributed by atoms with Crippen LogP contribution < -0.4 is 0 Å². The number of aromatic nitrogens is 2. The molecule has 0 saturated heterocycles. The summed E-state index contributed by atoms with van der Waals surface area (Å²) in [6, 6.07) is 12.2. The van der Waals surface area contributed by atoms with Crippen molar-refractivity contribution in [3.05, 3.63) is 131 Å². The van der Waals surface area contributed by atoms with Gasteiger partial charge in [-0.2, -0.15) is 0 Å². The Balaban J connectivity index is 1.28. The topological polar surface area (TPSA) is 90.8 Å². The van der Waals surface area contributed by atoms with Crippen molar-refractivity contribution in [3.63, 3.8) is 0 Å². The molecule has 2 heterocycles. The third-order valence-electron chi connectivity index (χ3n) is 9.96. The Morgan fingerprint density at radius 1 is 0.581 bits per heavy atom. The van der Waals surface area contributed by atoms with Gasteiger partial charge >= 0.3 is 0 Å². The van der Waals surface area contributed by atoms with Gasteiger partial charge in [-0.25, -0.2) is 0 Å². The van der Waals surface area contributed by atoms with E-state index in [0.717, 1.165) is 57.3 Å². The van der Waals surface area contributed by atoms with Crippen LogP contribution in [-0.2, 0) is 19.3 Å². The molecule has 4 aliphatic rings. The summed E-state index contributed by atoms with van der Waals surface area (Å²) >= 11 is 0. The molecule has 0 saturated carbocycles. The quantitative estimate of drug-likeness (QED) is 0.166. The second-order valence-electron chi connectivity index (χ2n) is 12.4. The molecule has 2 aromatic carbocycles. The maximum absolute atomic E-state index is 11.5. The van der Waals surface area contributed by atoms with Crippen LogP contribution in [0.2, 0.25) is 0 Å². The fourth-order valence-corrected chi connectivity index (χ4v) is 8.06. The maximum atomic E-state index is 11.5. The van der Waals surface area contributed by atoms with Crippen LogP contribution in [0.25, 0.3) is 11.4 Å². The number of hydrogen-bond donors (Lipinski definition) is 4. The summed E-state index contributed by atoms with van der Waals surface area (Å²) in [6.07, 6.45) is 15.7. The minimum Gasteiger partial charge on any atom is -0.494 e. The molecule has 8 rings (SSSR count). The van der Waals surface area contributed by atoms with Gasteiger partial charge in [0.15, 0.2) is 0 Å². The van der Waals surface area contributed by atoms with E-state index in [1.54, 1.807) is 9.13 Å². The normalized spacial score (nSPS) is 22.0. The summed E-state index contributed by atoms with van der Waals surface area (Å²) in [5.41, 5.74) is 8.51. The molecule has 4 bridgehead atoms. The van der Waals surface area contributed by atoms with Crippen LogP contribution in [0.4, 0.5) is 0 Å². The summed E-state index contributed by atoms with van der Waals surface area (Å²) < 4.78 is 3.18. The first-order valence-electron chi connectivity index (χ1n) is 15.0. The first kappa shape index (κ1) is 25.8. The highest BCUT2D eigenvalue weighted by Crippen LogP contribution is 2.58. The number of nitrogens with zero attached hydrogens (tertiary/aromatic N) is 2. The van der Waals surface area contributed by atoms with Gasteiger partial charge < -0.3 is 20.4 Å². The number of aromatic hydroxyl groups is 4. The molecule has 4 aromatic rings. The number of allylic oxidation sites excluding steroid dienone is 6. The van der Waals surface area contributed by atoms with E-state index in [1.807, 2.05) is 48.6 Å². The van der Waals surface area contributed by atoms with Crippen molar-refractivity contribution >= 4 is 0 Å². The molecule has 4 N–H and O–H groups in total. The summed E-state index contributed by atoms with van der Waals surface area (Å²) in [5, 5.41) is 46.0. The average molecular weight is 571 g/mol. The lowest BCUT2D eigenvalue weighted by Gasteiger charge is -2.19. The molecule has 0 spiro atoms. The van der Waals surface area contributed by atoms with Gasteiger partial charge in [0, 0.05) is 52.3 Å². The maximum Gasteiger partial charge on any atom is 0.202 e. The first-order chi connectivity index (χ1) is 20.9. The van der Waals surface area contributed by atoms with Gasteiger partial charge in [0.25, 0.3) is 0 Å². The van der Waals surface area contributed by atoms with E-state index in [0.29, 0.717) is 30.6 Å².